The Bertz CT molecular complexity index is 609. The number of anilines is 1. The van der Waals surface area contributed by atoms with Crippen molar-refractivity contribution < 1.29 is 9.59 Å². The second-order valence-electron chi connectivity index (χ2n) is 7.03. The van der Waals surface area contributed by atoms with Gasteiger partial charge in [0.2, 0.25) is 11.9 Å². The highest BCUT2D eigenvalue weighted by molar-refractivity contribution is 5.93. The predicted molar refractivity (Wildman–Crippen MR) is 97.1 cm³/mol. The minimum absolute atomic E-state index is 0.107. The highest BCUT2D eigenvalue weighted by Gasteiger charge is 2.27. The average Bonchev–Trinajstić information content (AvgIpc) is 2.55. The van der Waals surface area contributed by atoms with E-state index in [2.05, 4.69) is 20.6 Å². The average molecular weight is 347 g/mol. The molecule has 1 aromatic rings. The van der Waals surface area contributed by atoms with Crippen LogP contribution in [0.3, 0.4) is 0 Å². The maximum Gasteiger partial charge on any atom is 0.252 e. The number of aromatic nitrogens is 2. The number of amides is 2. The van der Waals surface area contributed by atoms with Crippen molar-refractivity contribution in [2.45, 2.75) is 58.9 Å². The summed E-state index contributed by atoms with van der Waals surface area (Å²) in [4.78, 5) is 32.3. The first-order valence-electron chi connectivity index (χ1n) is 9.10. The van der Waals surface area contributed by atoms with Crippen LogP contribution in [0, 0.1) is 11.8 Å². The third-order valence-electron chi connectivity index (χ3n) is 4.60. The van der Waals surface area contributed by atoms with E-state index < -0.39 is 5.91 Å². The molecule has 1 aliphatic rings. The van der Waals surface area contributed by atoms with Crippen LogP contribution in [0.15, 0.2) is 6.20 Å². The van der Waals surface area contributed by atoms with Gasteiger partial charge in [-0.15, -0.1) is 0 Å². The standard InChI is InChI=1S/C18H29N5O2/c1-4-20-17(25)13-7-5-12(6-8-13)9-15-14(16(19)24)10-21-18(23-15)22-11(2)3/h10-13H,4-9H2,1-3H3,(H2,19,24)(H,20,25)(H,21,22,23). The molecule has 1 aromatic heterocycles. The maximum atomic E-state index is 12.0. The fraction of sp³-hybridized carbons (Fsp3) is 0.667. The monoisotopic (exact) mass is 347 g/mol. The zero-order chi connectivity index (χ0) is 18.4. The van der Waals surface area contributed by atoms with Crippen LogP contribution >= 0.6 is 0 Å². The van der Waals surface area contributed by atoms with Gasteiger partial charge in [0.15, 0.2) is 0 Å². The molecule has 0 unspecified atom stereocenters. The zero-order valence-corrected chi connectivity index (χ0v) is 15.3. The molecule has 0 aromatic carbocycles. The zero-order valence-electron chi connectivity index (χ0n) is 15.3. The molecule has 1 heterocycles. The lowest BCUT2D eigenvalue weighted by atomic mass is 9.79. The van der Waals surface area contributed by atoms with Crippen LogP contribution < -0.4 is 16.4 Å². The summed E-state index contributed by atoms with van der Waals surface area (Å²) in [5, 5.41) is 6.06. The summed E-state index contributed by atoms with van der Waals surface area (Å²) in [6, 6.07) is 0.208. The van der Waals surface area contributed by atoms with Crippen molar-refractivity contribution in [2.75, 3.05) is 11.9 Å². The fourth-order valence-electron chi connectivity index (χ4n) is 3.33. The molecular weight excluding hydrogens is 318 g/mol. The van der Waals surface area contributed by atoms with Crippen molar-refractivity contribution in [3.05, 3.63) is 17.5 Å². The quantitative estimate of drug-likeness (QED) is 0.697. The largest absolute Gasteiger partial charge is 0.365 e. The molecule has 4 N–H and O–H groups in total. The number of hydrogen-bond donors (Lipinski definition) is 3. The van der Waals surface area contributed by atoms with E-state index in [4.69, 9.17) is 5.73 Å². The summed E-state index contributed by atoms with van der Waals surface area (Å²) in [6.45, 7) is 6.63. The maximum absolute atomic E-state index is 12.0. The van der Waals surface area contributed by atoms with E-state index in [0.717, 1.165) is 25.7 Å². The molecule has 0 bridgehead atoms. The topological polar surface area (TPSA) is 110 Å². The molecule has 1 fully saturated rings. The molecule has 0 saturated heterocycles. The van der Waals surface area contributed by atoms with Gasteiger partial charge in [-0.1, -0.05) is 0 Å². The first-order valence-corrected chi connectivity index (χ1v) is 9.10. The van der Waals surface area contributed by atoms with E-state index in [1.807, 2.05) is 20.8 Å². The number of hydrogen-bond acceptors (Lipinski definition) is 5. The molecule has 0 radical (unpaired) electrons. The number of rotatable bonds is 7. The number of primary amides is 1. The fourth-order valence-corrected chi connectivity index (χ4v) is 3.33. The lowest BCUT2D eigenvalue weighted by molar-refractivity contribution is -0.126. The molecule has 7 nitrogen and oxygen atoms in total. The van der Waals surface area contributed by atoms with Crippen molar-refractivity contribution in [3.63, 3.8) is 0 Å². The van der Waals surface area contributed by atoms with Crippen LogP contribution in [0.2, 0.25) is 0 Å². The van der Waals surface area contributed by atoms with E-state index in [-0.39, 0.29) is 17.9 Å². The molecule has 0 aliphatic heterocycles. The Morgan fingerprint density at radius 2 is 1.96 bits per heavy atom. The van der Waals surface area contributed by atoms with E-state index in [1.165, 1.54) is 6.20 Å². The van der Waals surface area contributed by atoms with Crippen LogP contribution in [-0.2, 0) is 11.2 Å². The minimum atomic E-state index is -0.498. The second kappa shape index (κ2) is 8.78. The molecule has 138 valence electrons. The Balaban J connectivity index is 2.04. The Labute approximate surface area is 149 Å². The van der Waals surface area contributed by atoms with Gasteiger partial charge in [-0.3, -0.25) is 9.59 Å². The first kappa shape index (κ1) is 19.1. The summed E-state index contributed by atoms with van der Waals surface area (Å²) < 4.78 is 0. The number of nitrogens with two attached hydrogens (primary N) is 1. The number of carbonyl (C=O) groups excluding carboxylic acids is 2. The Morgan fingerprint density at radius 3 is 2.52 bits per heavy atom. The number of nitrogens with one attached hydrogen (secondary N) is 2. The van der Waals surface area contributed by atoms with Gasteiger partial charge < -0.3 is 16.4 Å². The third kappa shape index (κ3) is 5.41. The highest BCUT2D eigenvalue weighted by Crippen LogP contribution is 2.31. The summed E-state index contributed by atoms with van der Waals surface area (Å²) >= 11 is 0. The van der Waals surface area contributed by atoms with Gasteiger partial charge >= 0.3 is 0 Å². The van der Waals surface area contributed by atoms with Crippen molar-refractivity contribution >= 4 is 17.8 Å². The lowest BCUT2D eigenvalue weighted by Crippen LogP contribution is -2.33. The SMILES string of the molecule is CCNC(=O)C1CCC(Cc2nc(NC(C)C)ncc2C(N)=O)CC1. The van der Waals surface area contributed by atoms with Crippen LogP contribution in [0.25, 0.3) is 0 Å². The molecule has 2 amide bonds. The number of carbonyl (C=O) groups is 2. The smallest absolute Gasteiger partial charge is 0.252 e. The third-order valence-corrected chi connectivity index (χ3v) is 4.60. The van der Waals surface area contributed by atoms with Gasteiger partial charge in [-0.05, 0) is 58.8 Å². The summed E-state index contributed by atoms with van der Waals surface area (Å²) in [6.07, 6.45) is 5.87. The number of nitrogens with zero attached hydrogens (tertiary/aromatic N) is 2. The van der Waals surface area contributed by atoms with Crippen LogP contribution in [0.5, 0.6) is 0 Å². The van der Waals surface area contributed by atoms with E-state index in [9.17, 15) is 9.59 Å². The molecule has 1 aliphatic carbocycles. The molecule has 7 heteroatoms. The summed E-state index contributed by atoms with van der Waals surface area (Å²) in [5.41, 5.74) is 6.56. The van der Waals surface area contributed by atoms with Gasteiger partial charge in [0.05, 0.1) is 11.3 Å². The van der Waals surface area contributed by atoms with E-state index in [0.29, 0.717) is 36.1 Å². The van der Waals surface area contributed by atoms with Gasteiger partial charge in [-0.25, -0.2) is 9.97 Å². The van der Waals surface area contributed by atoms with Crippen molar-refractivity contribution in [1.29, 1.82) is 0 Å². The molecular formula is C18H29N5O2. The highest BCUT2D eigenvalue weighted by atomic mass is 16.2. The first-order chi connectivity index (χ1) is 11.9. The summed E-state index contributed by atoms with van der Waals surface area (Å²) in [5.74, 6) is 0.693. The minimum Gasteiger partial charge on any atom is -0.365 e. The normalized spacial score (nSPS) is 20.3. The Hall–Kier alpha value is -2.18. The van der Waals surface area contributed by atoms with Gasteiger partial charge in [0, 0.05) is 24.7 Å². The molecule has 1 saturated carbocycles. The van der Waals surface area contributed by atoms with E-state index >= 15 is 0 Å². The van der Waals surface area contributed by atoms with Crippen LogP contribution in [-0.4, -0.2) is 34.4 Å². The predicted octanol–water partition coefficient (Wildman–Crippen LogP) is 1.88. The Kier molecular flexibility index (Phi) is 6.73. The van der Waals surface area contributed by atoms with Crippen molar-refractivity contribution in [2.24, 2.45) is 17.6 Å². The molecule has 25 heavy (non-hydrogen) atoms. The van der Waals surface area contributed by atoms with Crippen molar-refractivity contribution in [1.82, 2.24) is 15.3 Å². The van der Waals surface area contributed by atoms with Gasteiger partial charge in [0.1, 0.15) is 0 Å². The van der Waals surface area contributed by atoms with Crippen molar-refractivity contribution in [3.8, 4) is 0 Å². The molecule has 2 rings (SSSR count). The molecule has 0 atom stereocenters. The van der Waals surface area contributed by atoms with E-state index in [1.54, 1.807) is 0 Å². The molecule has 0 spiro atoms. The van der Waals surface area contributed by atoms with Crippen LogP contribution in [0.1, 0.15) is 62.5 Å². The van der Waals surface area contributed by atoms with Crippen LogP contribution in [0.4, 0.5) is 5.95 Å². The second-order valence-corrected chi connectivity index (χ2v) is 7.03. The van der Waals surface area contributed by atoms with Gasteiger partial charge in [-0.2, -0.15) is 0 Å². The van der Waals surface area contributed by atoms with Gasteiger partial charge in [0.25, 0.3) is 5.91 Å². The Morgan fingerprint density at radius 1 is 1.28 bits per heavy atom. The summed E-state index contributed by atoms with van der Waals surface area (Å²) in [7, 11) is 0. The lowest BCUT2D eigenvalue weighted by Gasteiger charge is -2.27.